The molecule has 6 heteroatoms. The van der Waals surface area contributed by atoms with Crippen LogP contribution in [0.2, 0.25) is 5.02 Å². The van der Waals surface area contributed by atoms with E-state index in [0.29, 0.717) is 18.1 Å². The normalized spacial score (nSPS) is 10.2. The van der Waals surface area contributed by atoms with Gasteiger partial charge >= 0.3 is 5.97 Å². The van der Waals surface area contributed by atoms with E-state index in [9.17, 15) is 9.59 Å². The number of esters is 1. The van der Waals surface area contributed by atoms with Gasteiger partial charge in [-0.25, -0.2) is 4.79 Å². The van der Waals surface area contributed by atoms with Crippen molar-refractivity contribution in [2.45, 2.75) is 18.7 Å². The van der Waals surface area contributed by atoms with E-state index in [1.807, 2.05) is 26.2 Å². The molecule has 0 aromatic heterocycles. The van der Waals surface area contributed by atoms with Crippen LogP contribution in [0.25, 0.3) is 0 Å². The predicted octanol–water partition coefficient (Wildman–Crippen LogP) is 3.64. The molecular formula is C16H20ClNO3S. The maximum absolute atomic E-state index is 12.1. The van der Waals surface area contributed by atoms with Crippen LogP contribution in [-0.2, 0) is 9.53 Å². The zero-order chi connectivity index (χ0) is 16.7. The van der Waals surface area contributed by atoms with Gasteiger partial charge in [0.05, 0.1) is 10.6 Å². The van der Waals surface area contributed by atoms with Crippen LogP contribution in [0.15, 0.2) is 35.2 Å². The van der Waals surface area contributed by atoms with Gasteiger partial charge in [0.2, 0.25) is 0 Å². The van der Waals surface area contributed by atoms with Gasteiger partial charge in [0.15, 0.2) is 6.61 Å². The topological polar surface area (TPSA) is 46.6 Å². The fraction of sp³-hybridized carbons (Fsp3) is 0.375. The number of benzene rings is 1. The molecule has 0 unspecified atom stereocenters. The van der Waals surface area contributed by atoms with Crippen molar-refractivity contribution in [3.8, 4) is 0 Å². The van der Waals surface area contributed by atoms with Crippen LogP contribution in [0.5, 0.6) is 0 Å². The average Bonchev–Trinajstić information content (AvgIpc) is 2.50. The summed E-state index contributed by atoms with van der Waals surface area (Å²) in [5.74, 6) is -0.850. The lowest BCUT2D eigenvalue weighted by atomic mass is 10.2. The SMILES string of the molecule is C=C(C)CN(CC)C(=O)COC(=O)c1cc(SC)ccc1Cl. The Morgan fingerprint density at radius 3 is 2.64 bits per heavy atom. The van der Waals surface area contributed by atoms with Crippen molar-refractivity contribution < 1.29 is 14.3 Å². The minimum absolute atomic E-state index is 0.254. The van der Waals surface area contributed by atoms with Crippen molar-refractivity contribution in [1.29, 1.82) is 0 Å². The summed E-state index contributed by atoms with van der Waals surface area (Å²) in [4.78, 5) is 26.6. The largest absolute Gasteiger partial charge is 0.452 e. The Labute approximate surface area is 140 Å². The van der Waals surface area contributed by atoms with Gasteiger partial charge in [-0.3, -0.25) is 4.79 Å². The molecule has 120 valence electrons. The van der Waals surface area contributed by atoms with Gasteiger partial charge in [0.1, 0.15) is 0 Å². The first-order chi connectivity index (χ1) is 10.4. The number of nitrogens with zero attached hydrogens (tertiary/aromatic N) is 1. The van der Waals surface area contributed by atoms with Gasteiger partial charge in [0.25, 0.3) is 5.91 Å². The molecule has 22 heavy (non-hydrogen) atoms. The third-order valence-corrected chi connectivity index (χ3v) is 3.97. The molecule has 0 N–H and O–H groups in total. The molecule has 0 bridgehead atoms. The van der Waals surface area contributed by atoms with Gasteiger partial charge in [-0.15, -0.1) is 11.8 Å². The summed E-state index contributed by atoms with van der Waals surface area (Å²) in [6.45, 7) is 8.16. The minimum atomic E-state index is -0.597. The number of halogens is 1. The van der Waals surface area contributed by atoms with E-state index in [2.05, 4.69) is 6.58 Å². The molecule has 0 saturated heterocycles. The maximum Gasteiger partial charge on any atom is 0.340 e. The number of hydrogen-bond acceptors (Lipinski definition) is 4. The second-order valence-electron chi connectivity index (χ2n) is 4.79. The highest BCUT2D eigenvalue weighted by Crippen LogP contribution is 2.23. The van der Waals surface area contributed by atoms with Gasteiger partial charge in [-0.1, -0.05) is 23.8 Å². The minimum Gasteiger partial charge on any atom is -0.452 e. The summed E-state index contributed by atoms with van der Waals surface area (Å²) in [5.41, 5.74) is 1.14. The Morgan fingerprint density at radius 1 is 1.41 bits per heavy atom. The van der Waals surface area contributed by atoms with E-state index >= 15 is 0 Å². The standard InChI is InChI=1S/C16H20ClNO3S/c1-5-18(9-11(2)3)15(19)10-21-16(20)13-8-12(22-4)6-7-14(13)17/h6-8H,2,5,9-10H2,1,3-4H3. The molecule has 4 nitrogen and oxygen atoms in total. The Bertz CT molecular complexity index is 575. The maximum atomic E-state index is 12.1. The molecule has 0 aliphatic heterocycles. The van der Waals surface area contributed by atoms with E-state index in [4.69, 9.17) is 16.3 Å². The van der Waals surface area contributed by atoms with Crippen LogP contribution >= 0.6 is 23.4 Å². The summed E-state index contributed by atoms with van der Waals surface area (Å²) in [6, 6.07) is 5.12. The number of amides is 1. The summed E-state index contributed by atoms with van der Waals surface area (Å²) in [6.07, 6.45) is 1.90. The van der Waals surface area contributed by atoms with E-state index in [-0.39, 0.29) is 18.1 Å². The Morgan fingerprint density at radius 2 is 2.09 bits per heavy atom. The van der Waals surface area contributed by atoms with Gasteiger partial charge in [-0.05, 0) is 38.3 Å². The molecule has 0 heterocycles. The van der Waals surface area contributed by atoms with Crippen molar-refractivity contribution in [3.05, 3.63) is 40.9 Å². The molecule has 1 aromatic rings. The molecule has 0 fully saturated rings. The number of ether oxygens (including phenoxy) is 1. The lowest BCUT2D eigenvalue weighted by Gasteiger charge is -2.20. The number of hydrogen-bond donors (Lipinski definition) is 0. The van der Waals surface area contributed by atoms with Crippen LogP contribution in [-0.4, -0.2) is 42.7 Å². The van der Waals surface area contributed by atoms with Crippen molar-refractivity contribution >= 4 is 35.2 Å². The van der Waals surface area contributed by atoms with Crippen LogP contribution in [0.1, 0.15) is 24.2 Å². The molecule has 0 aliphatic carbocycles. The summed E-state index contributed by atoms with van der Waals surface area (Å²) in [5, 5.41) is 0.310. The summed E-state index contributed by atoms with van der Waals surface area (Å²) < 4.78 is 5.08. The Balaban J connectivity index is 2.69. The second kappa shape index (κ2) is 8.86. The number of carbonyl (C=O) groups excluding carboxylic acids is 2. The smallest absolute Gasteiger partial charge is 0.340 e. The monoisotopic (exact) mass is 341 g/mol. The third kappa shape index (κ3) is 5.39. The average molecular weight is 342 g/mol. The van der Waals surface area contributed by atoms with Gasteiger partial charge in [0, 0.05) is 18.0 Å². The fourth-order valence-corrected chi connectivity index (χ4v) is 2.42. The van der Waals surface area contributed by atoms with Crippen LogP contribution in [0.4, 0.5) is 0 Å². The molecule has 1 amide bonds. The molecule has 1 rings (SSSR count). The molecule has 0 atom stereocenters. The molecule has 0 saturated carbocycles. The molecule has 1 aromatic carbocycles. The lowest BCUT2D eigenvalue weighted by molar-refractivity contribution is -0.133. The quantitative estimate of drug-likeness (QED) is 0.431. The Hall–Kier alpha value is -1.46. The first-order valence-corrected chi connectivity index (χ1v) is 8.42. The number of rotatable bonds is 7. The van der Waals surface area contributed by atoms with E-state index < -0.39 is 5.97 Å². The summed E-state index contributed by atoms with van der Waals surface area (Å²) in [7, 11) is 0. The first-order valence-electron chi connectivity index (χ1n) is 6.81. The van der Waals surface area contributed by atoms with E-state index in [0.717, 1.165) is 10.5 Å². The highest BCUT2D eigenvalue weighted by Gasteiger charge is 2.17. The zero-order valence-corrected chi connectivity index (χ0v) is 14.6. The Kier molecular flexibility index (Phi) is 7.48. The second-order valence-corrected chi connectivity index (χ2v) is 6.07. The first kappa shape index (κ1) is 18.6. The lowest BCUT2D eigenvalue weighted by Crippen LogP contribution is -2.35. The van der Waals surface area contributed by atoms with Crippen LogP contribution < -0.4 is 0 Å². The number of thioether (sulfide) groups is 1. The third-order valence-electron chi connectivity index (χ3n) is 2.92. The van der Waals surface area contributed by atoms with Crippen molar-refractivity contribution in [3.63, 3.8) is 0 Å². The molecular weight excluding hydrogens is 322 g/mol. The van der Waals surface area contributed by atoms with Crippen molar-refractivity contribution in [2.24, 2.45) is 0 Å². The van der Waals surface area contributed by atoms with E-state index in [1.54, 1.807) is 17.0 Å². The predicted molar refractivity (Wildman–Crippen MR) is 90.6 cm³/mol. The van der Waals surface area contributed by atoms with Gasteiger partial charge in [-0.2, -0.15) is 0 Å². The van der Waals surface area contributed by atoms with Gasteiger partial charge < -0.3 is 9.64 Å². The summed E-state index contributed by atoms with van der Waals surface area (Å²) >= 11 is 7.50. The fourth-order valence-electron chi connectivity index (χ4n) is 1.79. The molecule has 0 spiro atoms. The highest BCUT2D eigenvalue weighted by molar-refractivity contribution is 7.98. The number of carbonyl (C=O) groups is 2. The van der Waals surface area contributed by atoms with Crippen LogP contribution in [0.3, 0.4) is 0 Å². The van der Waals surface area contributed by atoms with E-state index in [1.165, 1.54) is 11.8 Å². The van der Waals surface area contributed by atoms with Crippen LogP contribution in [0, 0.1) is 0 Å². The zero-order valence-electron chi connectivity index (χ0n) is 13.0. The van der Waals surface area contributed by atoms with Crippen molar-refractivity contribution in [1.82, 2.24) is 4.90 Å². The number of likely N-dealkylation sites (N-methyl/N-ethyl adjacent to an activating group) is 1. The van der Waals surface area contributed by atoms with Crippen molar-refractivity contribution in [2.75, 3.05) is 26.0 Å². The highest BCUT2D eigenvalue weighted by atomic mass is 35.5. The molecule has 0 radical (unpaired) electrons. The molecule has 0 aliphatic rings.